The fourth-order valence-corrected chi connectivity index (χ4v) is 2.96. The third kappa shape index (κ3) is 3.17. The van der Waals surface area contributed by atoms with Gasteiger partial charge >= 0.3 is 0 Å². The predicted molar refractivity (Wildman–Crippen MR) is 103 cm³/mol. The van der Waals surface area contributed by atoms with E-state index in [9.17, 15) is 4.79 Å². The molecule has 4 rings (SSSR count). The number of amides is 1. The molecule has 0 saturated heterocycles. The number of nitrogens with one attached hydrogen (secondary N) is 1. The molecule has 6 heteroatoms. The van der Waals surface area contributed by atoms with Gasteiger partial charge in [0.05, 0.1) is 23.8 Å². The van der Waals surface area contributed by atoms with Crippen LogP contribution in [0.3, 0.4) is 0 Å². The van der Waals surface area contributed by atoms with E-state index in [2.05, 4.69) is 15.3 Å². The minimum atomic E-state index is -0.106. The number of rotatable bonds is 3. The maximum Gasteiger partial charge on any atom is 0.221 e. The van der Waals surface area contributed by atoms with Gasteiger partial charge in [-0.15, -0.1) is 0 Å². The van der Waals surface area contributed by atoms with E-state index in [1.165, 1.54) is 6.92 Å². The molecular formula is C20H15ClN4O. The Kier molecular flexibility index (Phi) is 4.14. The first kappa shape index (κ1) is 16.3. The highest BCUT2D eigenvalue weighted by atomic mass is 35.5. The topological polar surface area (TPSA) is 59.3 Å². The van der Waals surface area contributed by atoms with Gasteiger partial charge in [0.2, 0.25) is 5.91 Å². The number of hydrogen-bond donors (Lipinski definition) is 1. The lowest BCUT2D eigenvalue weighted by atomic mass is 10.1. The first-order chi connectivity index (χ1) is 12.6. The van der Waals surface area contributed by atoms with Gasteiger partial charge in [-0.2, -0.15) is 0 Å². The number of carbonyl (C=O) groups excluding carboxylic acids is 1. The molecule has 4 aromatic rings. The molecule has 1 amide bonds. The average molecular weight is 363 g/mol. The summed E-state index contributed by atoms with van der Waals surface area (Å²) in [5.74, 6) is -0.106. The lowest BCUT2D eigenvalue weighted by molar-refractivity contribution is -0.114. The molecule has 128 valence electrons. The van der Waals surface area contributed by atoms with Crippen molar-refractivity contribution in [3.05, 3.63) is 72.1 Å². The summed E-state index contributed by atoms with van der Waals surface area (Å²) in [6.07, 6.45) is 5.50. The van der Waals surface area contributed by atoms with Crippen molar-refractivity contribution in [1.82, 2.24) is 14.4 Å². The highest BCUT2D eigenvalue weighted by Gasteiger charge is 2.09. The number of nitrogens with zero attached hydrogens (tertiary/aromatic N) is 3. The number of hydrogen-bond acceptors (Lipinski definition) is 3. The van der Waals surface area contributed by atoms with Crippen LogP contribution in [0.5, 0.6) is 0 Å². The van der Waals surface area contributed by atoms with E-state index in [1.807, 2.05) is 65.3 Å². The molecule has 0 aliphatic rings. The molecule has 1 N–H and O–H groups in total. The van der Waals surface area contributed by atoms with Crippen LogP contribution in [0.15, 0.2) is 67.1 Å². The van der Waals surface area contributed by atoms with E-state index >= 15 is 0 Å². The molecule has 0 aliphatic carbocycles. The van der Waals surface area contributed by atoms with Crippen molar-refractivity contribution in [1.29, 1.82) is 0 Å². The maximum atomic E-state index is 11.3. The molecule has 2 aromatic carbocycles. The molecule has 0 spiro atoms. The molecule has 0 bridgehead atoms. The van der Waals surface area contributed by atoms with Crippen molar-refractivity contribution in [2.45, 2.75) is 6.92 Å². The van der Waals surface area contributed by atoms with Crippen molar-refractivity contribution < 1.29 is 4.79 Å². The first-order valence-corrected chi connectivity index (χ1v) is 8.45. The fourth-order valence-electron chi connectivity index (χ4n) is 2.83. The smallest absolute Gasteiger partial charge is 0.221 e. The van der Waals surface area contributed by atoms with Crippen LogP contribution < -0.4 is 5.32 Å². The summed E-state index contributed by atoms with van der Waals surface area (Å²) in [6, 6.07) is 15.2. The Morgan fingerprint density at radius 1 is 1.04 bits per heavy atom. The van der Waals surface area contributed by atoms with Crippen LogP contribution in [0.1, 0.15) is 6.92 Å². The Morgan fingerprint density at radius 2 is 1.85 bits per heavy atom. The monoisotopic (exact) mass is 362 g/mol. The van der Waals surface area contributed by atoms with Gasteiger partial charge in [0.1, 0.15) is 0 Å². The quantitative estimate of drug-likeness (QED) is 0.576. The van der Waals surface area contributed by atoms with E-state index in [1.54, 1.807) is 6.20 Å². The number of halogens is 1. The zero-order chi connectivity index (χ0) is 18.1. The largest absolute Gasteiger partial charge is 0.326 e. The van der Waals surface area contributed by atoms with E-state index in [0.717, 1.165) is 33.8 Å². The second-order valence-electron chi connectivity index (χ2n) is 5.91. The molecule has 0 unspecified atom stereocenters. The number of imidazole rings is 1. The molecule has 0 saturated carbocycles. The number of aromatic nitrogens is 3. The number of benzene rings is 2. The van der Waals surface area contributed by atoms with Gasteiger partial charge in [-0.05, 0) is 24.3 Å². The summed E-state index contributed by atoms with van der Waals surface area (Å²) in [5, 5.41) is 3.49. The van der Waals surface area contributed by atoms with Gasteiger partial charge in [0.15, 0.2) is 5.65 Å². The number of fused-ring (bicyclic) bond motifs is 1. The molecule has 0 aliphatic heterocycles. The van der Waals surface area contributed by atoms with Gasteiger partial charge in [-0.25, -0.2) is 4.98 Å². The third-order valence-electron chi connectivity index (χ3n) is 4.01. The molecular weight excluding hydrogens is 348 g/mol. The summed E-state index contributed by atoms with van der Waals surface area (Å²) in [7, 11) is 0. The van der Waals surface area contributed by atoms with Crippen LogP contribution in [0.2, 0.25) is 5.02 Å². The van der Waals surface area contributed by atoms with Gasteiger partial charge in [-0.3, -0.25) is 14.2 Å². The van der Waals surface area contributed by atoms with E-state index in [0.29, 0.717) is 5.02 Å². The normalized spacial score (nSPS) is 10.8. The summed E-state index contributed by atoms with van der Waals surface area (Å²) in [4.78, 5) is 20.2. The molecule has 0 atom stereocenters. The zero-order valence-electron chi connectivity index (χ0n) is 14.0. The highest BCUT2D eigenvalue weighted by Crippen LogP contribution is 2.26. The third-order valence-corrected chi connectivity index (χ3v) is 4.27. The van der Waals surface area contributed by atoms with E-state index < -0.39 is 0 Å². The summed E-state index contributed by atoms with van der Waals surface area (Å²) < 4.78 is 2.00. The summed E-state index contributed by atoms with van der Waals surface area (Å²) in [5.41, 5.74) is 5.17. The first-order valence-electron chi connectivity index (χ1n) is 8.07. The van der Waals surface area contributed by atoms with Crippen molar-refractivity contribution in [3.8, 4) is 22.5 Å². The molecule has 2 aromatic heterocycles. The molecule has 26 heavy (non-hydrogen) atoms. The zero-order valence-corrected chi connectivity index (χ0v) is 14.7. The Morgan fingerprint density at radius 3 is 2.62 bits per heavy atom. The van der Waals surface area contributed by atoms with Gasteiger partial charge in [0.25, 0.3) is 0 Å². The van der Waals surface area contributed by atoms with Crippen LogP contribution in [-0.2, 0) is 4.79 Å². The van der Waals surface area contributed by atoms with Crippen molar-refractivity contribution in [2.24, 2.45) is 0 Å². The van der Waals surface area contributed by atoms with Gasteiger partial charge in [-0.1, -0.05) is 35.9 Å². The second kappa shape index (κ2) is 6.61. The van der Waals surface area contributed by atoms with E-state index in [-0.39, 0.29) is 5.91 Å². The molecule has 0 fully saturated rings. The maximum absolute atomic E-state index is 11.3. The highest BCUT2D eigenvalue weighted by molar-refractivity contribution is 6.30. The molecule has 2 heterocycles. The Bertz CT molecular complexity index is 1100. The number of anilines is 1. The van der Waals surface area contributed by atoms with Crippen molar-refractivity contribution in [3.63, 3.8) is 0 Å². The van der Waals surface area contributed by atoms with Gasteiger partial charge < -0.3 is 5.32 Å². The SMILES string of the molecule is CC(=O)Nc1cccc(-c2cn3c(-c4ccc(Cl)cc4)cnc3cn2)c1. The Hall–Kier alpha value is -3.18. The van der Waals surface area contributed by atoms with Crippen LogP contribution in [0.4, 0.5) is 5.69 Å². The van der Waals surface area contributed by atoms with Crippen LogP contribution in [0.25, 0.3) is 28.2 Å². The van der Waals surface area contributed by atoms with Crippen LogP contribution in [-0.4, -0.2) is 20.3 Å². The lowest BCUT2D eigenvalue weighted by Crippen LogP contribution is -2.05. The second-order valence-corrected chi connectivity index (χ2v) is 6.35. The van der Waals surface area contributed by atoms with Gasteiger partial charge in [0, 0.05) is 35.0 Å². The van der Waals surface area contributed by atoms with Crippen LogP contribution in [0, 0.1) is 0 Å². The molecule has 0 radical (unpaired) electrons. The Labute approximate surface area is 155 Å². The fraction of sp³-hybridized carbons (Fsp3) is 0.0500. The average Bonchev–Trinajstić information content (AvgIpc) is 3.05. The Balaban J connectivity index is 1.79. The standard InChI is InChI=1S/C20H15ClN4O/c1-13(26)24-17-4-2-3-15(9-17)18-12-25-19(10-23-20(25)11-22-18)14-5-7-16(21)8-6-14/h2-12H,1H3,(H,24,26). The number of carbonyl (C=O) groups is 1. The summed E-state index contributed by atoms with van der Waals surface area (Å²) >= 11 is 5.99. The minimum absolute atomic E-state index is 0.106. The van der Waals surface area contributed by atoms with E-state index in [4.69, 9.17) is 11.6 Å². The van der Waals surface area contributed by atoms with Crippen molar-refractivity contribution in [2.75, 3.05) is 5.32 Å². The summed E-state index contributed by atoms with van der Waals surface area (Å²) in [6.45, 7) is 1.49. The van der Waals surface area contributed by atoms with Crippen molar-refractivity contribution >= 4 is 28.8 Å². The predicted octanol–water partition coefficient (Wildman–Crippen LogP) is 4.68. The molecule has 5 nitrogen and oxygen atoms in total. The van der Waals surface area contributed by atoms with Crippen LogP contribution >= 0.6 is 11.6 Å². The lowest BCUT2D eigenvalue weighted by Gasteiger charge is -2.07. The minimum Gasteiger partial charge on any atom is -0.326 e.